The molecule has 2 aromatic rings. The third-order valence-corrected chi connectivity index (χ3v) is 8.79. The Kier molecular flexibility index (Phi) is 13.7. The van der Waals surface area contributed by atoms with Crippen molar-refractivity contribution in [1.29, 1.82) is 0 Å². The van der Waals surface area contributed by atoms with Gasteiger partial charge in [-0.15, -0.1) is 11.3 Å². The van der Waals surface area contributed by atoms with Crippen LogP contribution in [0.4, 0.5) is 9.59 Å². The van der Waals surface area contributed by atoms with Gasteiger partial charge in [0.1, 0.15) is 17.1 Å². The predicted molar refractivity (Wildman–Crippen MR) is 182 cm³/mol. The second kappa shape index (κ2) is 17.0. The number of aliphatic hydroxyl groups is 1. The molecular weight excluding hydrogens is 638 g/mol. The molecule has 1 saturated heterocycles. The van der Waals surface area contributed by atoms with Crippen molar-refractivity contribution >= 4 is 35.3 Å². The topological polar surface area (TPSA) is 174 Å². The number of hydrogen-bond donors (Lipinski definition) is 5. The number of benzene rings is 1. The van der Waals surface area contributed by atoms with Gasteiger partial charge in [-0.05, 0) is 22.8 Å². The molecule has 1 fully saturated rings. The third kappa shape index (κ3) is 10.9. The van der Waals surface area contributed by atoms with Gasteiger partial charge in [0.15, 0.2) is 0 Å². The Morgan fingerprint density at radius 1 is 1.00 bits per heavy atom. The highest BCUT2D eigenvalue weighted by Gasteiger charge is 2.44. The van der Waals surface area contributed by atoms with Gasteiger partial charge in [0.05, 0.1) is 38.1 Å². The van der Waals surface area contributed by atoms with Crippen molar-refractivity contribution in [2.45, 2.75) is 85.3 Å². The maximum atomic E-state index is 14.1. The number of alkyl carbamates (subject to hydrolysis) is 1. The van der Waals surface area contributed by atoms with Crippen LogP contribution in [0.25, 0.3) is 0 Å². The molecule has 0 bridgehead atoms. The van der Waals surface area contributed by atoms with E-state index in [1.165, 1.54) is 18.4 Å². The van der Waals surface area contributed by atoms with Crippen molar-refractivity contribution in [3.05, 3.63) is 52.0 Å². The Balaban J connectivity index is 1.73. The normalized spacial score (nSPS) is 16.2. The number of amides is 5. The first kappa shape index (κ1) is 38.7. The Bertz CT molecular complexity index is 1380. The highest BCUT2D eigenvalue weighted by Crippen LogP contribution is 2.29. The first-order chi connectivity index (χ1) is 22.5. The number of methoxy groups -OCH3 is 2. The summed E-state index contributed by atoms with van der Waals surface area (Å²) in [5.74, 6) is -0.922. The standard InChI is InChI=1S/C33H51N7O7S/c1-32(2,3)26(37-30(44)47-8)28(42)38-34-17-24(41)23(16-21-12-10-9-11-13-21)36-29(43)27(33(4,5)6)40-15-14-39(31(40)45)18-22-20-48-25(35-22)19-46-7/h9-13,20,23-24,26-27,34,41H,14-19H2,1-8H3,(H,36,43)(H,37,44)(H,38,42)/t23-,24-,26+,27+/m0/s1. The van der Waals surface area contributed by atoms with E-state index in [1.54, 1.807) is 37.7 Å². The molecule has 0 aliphatic carbocycles. The molecule has 0 saturated carbocycles. The highest BCUT2D eigenvalue weighted by atomic mass is 32.1. The van der Waals surface area contributed by atoms with Crippen LogP contribution < -0.4 is 21.5 Å². The molecule has 0 unspecified atom stereocenters. The summed E-state index contributed by atoms with van der Waals surface area (Å²) in [5, 5.41) is 19.6. The van der Waals surface area contributed by atoms with E-state index in [2.05, 4.69) is 31.2 Å². The number of aliphatic hydroxyl groups excluding tert-OH is 1. The Morgan fingerprint density at radius 3 is 2.29 bits per heavy atom. The van der Waals surface area contributed by atoms with Gasteiger partial charge in [-0.1, -0.05) is 71.9 Å². The van der Waals surface area contributed by atoms with Gasteiger partial charge in [-0.2, -0.15) is 0 Å². The molecule has 2 heterocycles. The molecule has 1 aliphatic rings. The summed E-state index contributed by atoms with van der Waals surface area (Å²) in [5.41, 5.74) is 5.68. The van der Waals surface area contributed by atoms with Crippen molar-refractivity contribution < 1.29 is 33.8 Å². The fraction of sp³-hybridized carbons (Fsp3) is 0.606. The monoisotopic (exact) mass is 689 g/mol. The second-order valence-electron chi connectivity index (χ2n) is 14.0. The van der Waals surface area contributed by atoms with Crippen LogP contribution in [0.2, 0.25) is 0 Å². The number of urea groups is 1. The average molecular weight is 690 g/mol. The minimum Gasteiger partial charge on any atom is -0.453 e. The van der Waals surface area contributed by atoms with Gasteiger partial charge >= 0.3 is 12.1 Å². The van der Waals surface area contributed by atoms with Crippen LogP contribution in [0.1, 0.15) is 57.8 Å². The van der Waals surface area contributed by atoms with Gasteiger partial charge in [-0.25, -0.2) is 20.0 Å². The SMILES string of the molecule is COCc1nc(CN2CCN([C@H](C(=O)N[C@@H](Cc3ccccc3)[C@@H](O)CNNC(=O)[C@@H](NC(=O)OC)C(C)(C)C)C(C)(C)C)C2=O)cs1. The number of hydrazine groups is 1. The minimum atomic E-state index is -1.14. The summed E-state index contributed by atoms with van der Waals surface area (Å²) in [6, 6.07) is 6.62. The third-order valence-electron chi connectivity index (χ3n) is 7.92. The van der Waals surface area contributed by atoms with E-state index in [-0.39, 0.29) is 12.6 Å². The first-order valence-electron chi connectivity index (χ1n) is 15.9. The first-order valence-corrected chi connectivity index (χ1v) is 16.8. The fourth-order valence-corrected chi connectivity index (χ4v) is 6.27. The van der Waals surface area contributed by atoms with Crippen molar-refractivity contribution in [3.8, 4) is 0 Å². The molecule has 0 spiro atoms. The van der Waals surface area contributed by atoms with Crippen LogP contribution in [-0.2, 0) is 38.6 Å². The number of hydrogen-bond acceptors (Lipinski definition) is 10. The van der Waals surface area contributed by atoms with E-state index in [4.69, 9.17) is 4.74 Å². The van der Waals surface area contributed by atoms with Crippen LogP contribution in [0.15, 0.2) is 35.7 Å². The maximum absolute atomic E-state index is 14.1. The number of rotatable bonds is 15. The lowest BCUT2D eigenvalue weighted by Gasteiger charge is -2.38. The number of aromatic nitrogens is 1. The molecule has 48 heavy (non-hydrogen) atoms. The van der Waals surface area contributed by atoms with Crippen LogP contribution in [-0.4, -0.2) is 102 Å². The molecule has 1 aromatic heterocycles. The molecule has 0 radical (unpaired) electrons. The fourth-order valence-electron chi connectivity index (χ4n) is 5.52. The van der Waals surface area contributed by atoms with Crippen molar-refractivity contribution in [1.82, 2.24) is 36.3 Å². The highest BCUT2D eigenvalue weighted by molar-refractivity contribution is 7.09. The molecule has 5 N–H and O–H groups in total. The van der Waals surface area contributed by atoms with E-state index in [1.807, 2.05) is 56.5 Å². The van der Waals surface area contributed by atoms with Crippen LogP contribution >= 0.6 is 11.3 Å². The number of carbonyl (C=O) groups excluding carboxylic acids is 4. The molecule has 1 aromatic carbocycles. The van der Waals surface area contributed by atoms with E-state index in [0.717, 1.165) is 16.3 Å². The Hall–Kier alpha value is -3.79. The molecule has 15 heteroatoms. The summed E-state index contributed by atoms with van der Waals surface area (Å²) in [6.07, 6.45) is -1.60. The molecule has 1 aliphatic heterocycles. The van der Waals surface area contributed by atoms with Crippen molar-refractivity contribution in [2.24, 2.45) is 10.8 Å². The molecule has 3 rings (SSSR count). The minimum absolute atomic E-state index is 0.117. The van der Waals surface area contributed by atoms with Crippen LogP contribution in [0, 0.1) is 10.8 Å². The zero-order valence-electron chi connectivity index (χ0n) is 29.2. The largest absolute Gasteiger partial charge is 0.453 e. The summed E-state index contributed by atoms with van der Waals surface area (Å²) in [6.45, 7) is 12.5. The van der Waals surface area contributed by atoms with Crippen molar-refractivity contribution in [2.75, 3.05) is 33.9 Å². The summed E-state index contributed by atoms with van der Waals surface area (Å²) in [7, 11) is 2.82. The van der Waals surface area contributed by atoms with E-state index >= 15 is 0 Å². The number of thiazole rings is 1. The van der Waals surface area contributed by atoms with E-state index in [9.17, 15) is 24.3 Å². The van der Waals surface area contributed by atoms with Gasteiger partial charge in [0.2, 0.25) is 5.91 Å². The van der Waals surface area contributed by atoms with Gasteiger partial charge in [0.25, 0.3) is 5.91 Å². The van der Waals surface area contributed by atoms with Gasteiger partial charge in [-0.3, -0.25) is 15.0 Å². The quantitative estimate of drug-likeness (QED) is 0.176. The lowest BCUT2D eigenvalue weighted by atomic mass is 9.84. The molecule has 14 nitrogen and oxygen atoms in total. The lowest BCUT2D eigenvalue weighted by Crippen LogP contribution is -2.60. The van der Waals surface area contributed by atoms with Crippen molar-refractivity contribution in [3.63, 3.8) is 0 Å². The van der Waals surface area contributed by atoms with E-state index < -0.39 is 53.0 Å². The number of nitrogens with one attached hydrogen (secondary N) is 4. The zero-order valence-corrected chi connectivity index (χ0v) is 30.0. The lowest BCUT2D eigenvalue weighted by molar-refractivity contribution is -0.130. The Labute approximate surface area is 286 Å². The number of nitrogens with zero attached hydrogens (tertiary/aromatic N) is 3. The van der Waals surface area contributed by atoms with Gasteiger partial charge < -0.3 is 35.0 Å². The molecule has 5 amide bonds. The van der Waals surface area contributed by atoms with Crippen LogP contribution in [0.3, 0.4) is 0 Å². The second-order valence-corrected chi connectivity index (χ2v) is 15.0. The number of carbonyl (C=O) groups is 4. The molecule has 4 atom stereocenters. The summed E-state index contributed by atoms with van der Waals surface area (Å²) in [4.78, 5) is 60.3. The Morgan fingerprint density at radius 2 is 1.69 bits per heavy atom. The average Bonchev–Trinajstić information content (AvgIpc) is 3.60. The van der Waals surface area contributed by atoms with Gasteiger partial charge in [0, 0.05) is 32.1 Å². The summed E-state index contributed by atoms with van der Waals surface area (Å²) >= 11 is 1.47. The zero-order chi connectivity index (χ0) is 35.6. The van der Waals surface area contributed by atoms with E-state index in [0.29, 0.717) is 32.7 Å². The smallest absolute Gasteiger partial charge is 0.407 e. The molecule has 266 valence electrons. The predicted octanol–water partition coefficient (Wildman–Crippen LogP) is 2.42. The van der Waals surface area contributed by atoms with Crippen LogP contribution in [0.5, 0.6) is 0 Å². The number of ether oxygens (including phenoxy) is 2. The summed E-state index contributed by atoms with van der Waals surface area (Å²) < 4.78 is 9.81. The molecular formula is C33H51N7O7S. The maximum Gasteiger partial charge on any atom is 0.407 e.